The zero-order valence-corrected chi connectivity index (χ0v) is 18.1. The normalized spacial score (nSPS) is 17.9. The molecule has 8 heteroatoms. The standard InChI is InChI=1S/C24H27N3O5/c1-17(28)25-14-21-15-27(24(30)32-21)20-10-11-22-19(13-20)9-5-6-12-26(22)23(29)31-16-18-7-3-2-4-8-18/h2-4,7-8,10-11,13,21H,5-6,9,12,14-16H2,1H3,(H,25,28). The summed E-state index contributed by atoms with van der Waals surface area (Å²) >= 11 is 0. The highest BCUT2D eigenvalue weighted by molar-refractivity contribution is 5.92. The van der Waals surface area contributed by atoms with Crippen molar-refractivity contribution in [3.05, 3.63) is 59.7 Å². The number of aryl methyl sites for hydroxylation is 1. The van der Waals surface area contributed by atoms with Crippen LogP contribution in [0.2, 0.25) is 0 Å². The average molecular weight is 437 g/mol. The molecule has 1 atom stereocenters. The van der Waals surface area contributed by atoms with E-state index in [4.69, 9.17) is 9.47 Å². The molecule has 1 fully saturated rings. The SMILES string of the molecule is CC(=O)NCC1CN(c2ccc3c(c2)CCCCN3C(=O)OCc2ccccc2)C(=O)O1. The lowest BCUT2D eigenvalue weighted by Gasteiger charge is -2.23. The summed E-state index contributed by atoms with van der Waals surface area (Å²) in [7, 11) is 0. The highest BCUT2D eigenvalue weighted by Gasteiger charge is 2.33. The van der Waals surface area contributed by atoms with Crippen LogP contribution in [0.15, 0.2) is 48.5 Å². The maximum Gasteiger partial charge on any atom is 0.414 e. The molecule has 2 aromatic rings. The minimum atomic E-state index is -0.437. The molecule has 0 aliphatic carbocycles. The number of nitrogens with zero attached hydrogens (tertiary/aromatic N) is 2. The molecule has 2 aliphatic rings. The van der Waals surface area contributed by atoms with Crippen molar-refractivity contribution >= 4 is 29.5 Å². The van der Waals surface area contributed by atoms with Gasteiger partial charge in [0.15, 0.2) is 0 Å². The number of hydrogen-bond donors (Lipinski definition) is 1. The summed E-state index contributed by atoms with van der Waals surface area (Å²) in [5, 5.41) is 2.68. The molecule has 32 heavy (non-hydrogen) atoms. The van der Waals surface area contributed by atoms with Crippen LogP contribution in [0.4, 0.5) is 21.0 Å². The van der Waals surface area contributed by atoms with Gasteiger partial charge in [0.1, 0.15) is 12.7 Å². The van der Waals surface area contributed by atoms with E-state index < -0.39 is 12.2 Å². The fraction of sp³-hybridized carbons (Fsp3) is 0.375. The van der Waals surface area contributed by atoms with Crippen molar-refractivity contribution in [2.24, 2.45) is 0 Å². The highest BCUT2D eigenvalue weighted by atomic mass is 16.6. The zero-order chi connectivity index (χ0) is 22.5. The molecule has 0 aromatic heterocycles. The van der Waals surface area contributed by atoms with E-state index in [9.17, 15) is 14.4 Å². The molecule has 2 aromatic carbocycles. The Hall–Kier alpha value is -3.55. The molecule has 3 amide bonds. The smallest absolute Gasteiger partial charge is 0.414 e. The Morgan fingerprint density at radius 2 is 1.97 bits per heavy atom. The van der Waals surface area contributed by atoms with E-state index in [-0.39, 0.29) is 25.2 Å². The summed E-state index contributed by atoms with van der Waals surface area (Å²) in [5.41, 5.74) is 3.47. The number of fused-ring (bicyclic) bond motifs is 1. The van der Waals surface area contributed by atoms with Gasteiger partial charge < -0.3 is 14.8 Å². The quantitative estimate of drug-likeness (QED) is 0.772. The van der Waals surface area contributed by atoms with Gasteiger partial charge >= 0.3 is 12.2 Å². The number of carbonyl (C=O) groups is 3. The number of hydrogen-bond acceptors (Lipinski definition) is 5. The van der Waals surface area contributed by atoms with Gasteiger partial charge in [0.2, 0.25) is 5.91 Å². The second-order valence-electron chi connectivity index (χ2n) is 8.02. The first kappa shape index (κ1) is 21.7. The molecular weight excluding hydrogens is 410 g/mol. The lowest BCUT2D eigenvalue weighted by Crippen LogP contribution is -2.33. The van der Waals surface area contributed by atoms with E-state index in [1.807, 2.05) is 48.5 Å². The van der Waals surface area contributed by atoms with Crippen molar-refractivity contribution in [1.29, 1.82) is 0 Å². The van der Waals surface area contributed by atoms with Crippen LogP contribution in [0.5, 0.6) is 0 Å². The molecule has 1 saturated heterocycles. The topological polar surface area (TPSA) is 88.2 Å². The van der Waals surface area contributed by atoms with Gasteiger partial charge in [-0.05, 0) is 48.6 Å². The van der Waals surface area contributed by atoms with E-state index in [1.54, 1.807) is 9.80 Å². The van der Waals surface area contributed by atoms with Gasteiger partial charge in [0, 0.05) is 19.2 Å². The summed E-state index contributed by atoms with van der Waals surface area (Å²) in [6.45, 7) is 2.88. The summed E-state index contributed by atoms with van der Waals surface area (Å²) < 4.78 is 10.9. The van der Waals surface area contributed by atoms with Gasteiger partial charge in [0.05, 0.1) is 18.8 Å². The van der Waals surface area contributed by atoms with E-state index in [2.05, 4.69) is 5.32 Å². The number of anilines is 2. The van der Waals surface area contributed by atoms with Crippen LogP contribution < -0.4 is 15.1 Å². The molecule has 1 N–H and O–H groups in total. The molecular formula is C24H27N3O5. The molecule has 2 aliphatic heterocycles. The minimum Gasteiger partial charge on any atom is -0.444 e. The maximum absolute atomic E-state index is 12.8. The number of carbonyl (C=O) groups excluding carboxylic acids is 3. The average Bonchev–Trinajstić information content (AvgIpc) is 3.04. The number of rotatable bonds is 5. The Bertz CT molecular complexity index is 994. The Morgan fingerprint density at radius 1 is 1.16 bits per heavy atom. The van der Waals surface area contributed by atoms with Crippen molar-refractivity contribution < 1.29 is 23.9 Å². The van der Waals surface area contributed by atoms with Crippen molar-refractivity contribution in [1.82, 2.24) is 5.32 Å². The second-order valence-corrected chi connectivity index (χ2v) is 8.02. The third-order valence-electron chi connectivity index (χ3n) is 5.62. The number of benzene rings is 2. The third kappa shape index (κ3) is 5.01. The lowest BCUT2D eigenvalue weighted by molar-refractivity contribution is -0.119. The first-order chi connectivity index (χ1) is 15.5. The summed E-state index contributed by atoms with van der Waals surface area (Å²) in [4.78, 5) is 39.6. The Kier molecular flexibility index (Phi) is 6.58. The van der Waals surface area contributed by atoms with Crippen LogP contribution >= 0.6 is 0 Å². The van der Waals surface area contributed by atoms with Gasteiger partial charge in [-0.1, -0.05) is 30.3 Å². The van der Waals surface area contributed by atoms with Crippen molar-refractivity contribution in [2.45, 2.75) is 38.9 Å². The van der Waals surface area contributed by atoms with Crippen molar-refractivity contribution in [3.63, 3.8) is 0 Å². The molecule has 1 unspecified atom stereocenters. The number of nitrogens with one attached hydrogen (secondary N) is 1. The van der Waals surface area contributed by atoms with E-state index in [0.717, 1.165) is 41.8 Å². The lowest BCUT2D eigenvalue weighted by atomic mass is 10.1. The first-order valence-electron chi connectivity index (χ1n) is 10.8. The fourth-order valence-electron chi connectivity index (χ4n) is 3.99. The van der Waals surface area contributed by atoms with Gasteiger partial charge in [-0.15, -0.1) is 0 Å². The van der Waals surface area contributed by atoms with Crippen LogP contribution in [0.1, 0.15) is 30.9 Å². The van der Waals surface area contributed by atoms with Crippen LogP contribution in [0.3, 0.4) is 0 Å². The van der Waals surface area contributed by atoms with Crippen LogP contribution in [-0.2, 0) is 27.3 Å². The molecule has 8 nitrogen and oxygen atoms in total. The maximum atomic E-state index is 12.8. The number of cyclic esters (lactones) is 1. The zero-order valence-electron chi connectivity index (χ0n) is 18.1. The monoisotopic (exact) mass is 437 g/mol. The summed E-state index contributed by atoms with van der Waals surface area (Å²) in [5.74, 6) is -0.163. The molecule has 0 saturated carbocycles. The first-order valence-corrected chi connectivity index (χ1v) is 10.8. The third-order valence-corrected chi connectivity index (χ3v) is 5.62. The van der Waals surface area contributed by atoms with Gasteiger partial charge in [0.25, 0.3) is 0 Å². The Balaban J connectivity index is 1.47. The second kappa shape index (κ2) is 9.72. The van der Waals surface area contributed by atoms with E-state index in [1.165, 1.54) is 6.92 Å². The molecule has 2 heterocycles. The number of amides is 3. The van der Waals surface area contributed by atoms with Gasteiger partial charge in [-0.2, -0.15) is 0 Å². The Morgan fingerprint density at radius 3 is 2.75 bits per heavy atom. The molecule has 0 bridgehead atoms. The molecule has 0 radical (unpaired) electrons. The molecule has 4 rings (SSSR count). The fourth-order valence-corrected chi connectivity index (χ4v) is 3.99. The van der Waals surface area contributed by atoms with E-state index >= 15 is 0 Å². The van der Waals surface area contributed by atoms with Crippen molar-refractivity contribution in [3.8, 4) is 0 Å². The van der Waals surface area contributed by atoms with Gasteiger partial charge in [-0.25, -0.2) is 9.59 Å². The predicted molar refractivity (Wildman–Crippen MR) is 120 cm³/mol. The van der Waals surface area contributed by atoms with Gasteiger partial charge in [-0.3, -0.25) is 14.6 Å². The Labute approximate surface area is 187 Å². The summed E-state index contributed by atoms with van der Waals surface area (Å²) in [6.07, 6.45) is 1.41. The minimum absolute atomic E-state index is 0.163. The largest absolute Gasteiger partial charge is 0.444 e. The summed E-state index contributed by atoms with van der Waals surface area (Å²) in [6, 6.07) is 15.2. The number of ether oxygens (including phenoxy) is 2. The van der Waals surface area contributed by atoms with Crippen LogP contribution in [-0.4, -0.2) is 43.8 Å². The molecule has 168 valence electrons. The predicted octanol–water partition coefficient (Wildman–Crippen LogP) is 3.63. The van der Waals surface area contributed by atoms with Crippen molar-refractivity contribution in [2.75, 3.05) is 29.4 Å². The van der Waals surface area contributed by atoms with E-state index in [0.29, 0.717) is 13.1 Å². The highest BCUT2D eigenvalue weighted by Crippen LogP contribution is 2.32. The van der Waals surface area contributed by atoms with Crippen LogP contribution in [0.25, 0.3) is 0 Å². The molecule has 0 spiro atoms. The van der Waals surface area contributed by atoms with Crippen LogP contribution in [0, 0.1) is 0 Å².